The number of amides is 1. The zero-order valence-electron chi connectivity index (χ0n) is 15.7. The molecule has 0 bridgehead atoms. The second-order valence-corrected chi connectivity index (χ2v) is 7.25. The molecule has 0 fully saturated rings. The van der Waals surface area contributed by atoms with E-state index in [-0.39, 0.29) is 12.5 Å². The number of nitrogens with one attached hydrogen (secondary N) is 1. The van der Waals surface area contributed by atoms with E-state index in [1.165, 1.54) is 0 Å². The molecule has 0 unspecified atom stereocenters. The highest BCUT2D eigenvalue weighted by molar-refractivity contribution is 7.71. The van der Waals surface area contributed by atoms with Crippen LogP contribution in [0.2, 0.25) is 5.02 Å². The summed E-state index contributed by atoms with van der Waals surface area (Å²) in [5, 5.41) is 7.66. The van der Waals surface area contributed by atoms with Gasteiger partial charge < -0.3 is 9.64 Å². The van der Waals surface area contributed by atoms with E-state index in [9.17, 15) is 4.79 Å². The van der Waals surface area contributed by atoms with E-state index in [0.717, 1.165) is 11.1 Å². The van der Waals surface area contributed by atoms with Gasteiger partial charge in [0.15, 0.2) is 10.6 Å². The molecule has 0 aliphatic carbocycles. The fourth-order valence-corrected chi connectivity index (χ4v) is 3.00. The average Bonchev–Trinajstić information content (AvgIpc) is 3.03. The lowest BCUT2D eigenvalue weighted by Gasteiger charge is -2.18. The molecule has 6 nitrogen and oxygen atoms in total. The van der Waals surface area contributed by atoms with Gasteiger partial charge in [-0.05, 0) is 37.3 Å². The molecule has 0 aliphatic rings. The minimum Gasteiger partial charge on any atom is -0.492 e. The molecule has 28 heavy (non-hydrogen) atoms. The highest BCUT2D eigenvalue weighted by Gasteiger charge is 2.15. The number of aromatic amines is 1. The van der Waals surface area contributed by atoms with Crippen LogP contribution < -0.4 is 4.74 Å². The summed E-state index contributed by atoms with van der Waals surface area (Å²) in [5.41, 5.74) is 2.05. The van der Waals surface area contributed by atoms with Gasteiger partial charge >= 0.3 is 0 Å². The van der Waals surface area contributed by atoms with Crippen LogP contribution in [0.4, 0.5) is 0 Å². The number of nitrogens with zero attached hydrogens (tertiary/aromatic N) is 3. The normalized spacial score (nSPS) is 10.7. The number of hydrogen-bond acceptors (Lipinski definition) is 4. The van der Waals surface area contributed by atoms with Crippen molar-refractivity contribution >= 4 is 29.7 Å². The van der Waals surface area contributed by atoms with Crippen molar-refractivity contribution in [2.75, 3.05) is 20.2 Å². The first-order valence-corrected chi connectivity index (χ1v) is 9.57. The van der Waals surface area contributed by atoms with Gasteiger partial charge in [0.05, 0.1) is 6.54 Å². The molecule has 3 rings (SSSR count). The highest BCUT2D eigenvalue weighted by atomic mass is 35.5. The number of halogens is 1. The third kappa shape index (κ3) is 4.99. The van der Waals surface area contributed by atoms with Crippen LogP contribution in [0.5, 0.6) is 5.75 Å². The molecule has 3 aromatic rings. The third-order valence-corrected chi connectivity index (χ3v) is 4.83. The van der Waals surface area contributed by atoms with Crippen LogP contribution in [0, 0.1) is 11.7 Å². The van der Waals surface area contributed by atoms with Crippen molar-refractivity contribution in [3.63, 3.8) is 0 Å². The Morgan fingerprint density at radius 3 is 2.75 bits per heavy atom. The van der Waals surface area contributed by atoms with Crippen molar-refractivity contribution in [2.24, 2.45) is 0 Å². The number of rotatable bonds is 7. The number of benzene rings is 2. The van der Waals surface area contributed by atoms with Gasteiger partial charge in [0, 0.05) is 17.6 Å². The van der Waals surface area contributed by atoms with Gasteiger partial charge in [-0.25, -0.2) is 0 Å². The SMILES string of the molecule is Cc1ccc(-c2n[nH]c(=S)n2CC(=O)N(C)CCOc2cccc(Cl)c2)cc1. The Kier molecular flexibility index (Phi) is 6.49. The molecule has 0 atom stereocenters. The lowest BCUT2D eigenvalue weighted by atomic mass is 10.1. The standard InChI is InChI=1S/C20H21ClN4O2S/c1-14-6-8-15(9-7-14)19-22-23-20(28)25(19)13-18(26)24(2)10-11-27-17-5-3-4-16(21)12-17/h3-9,12H,10-11,13H2,1-2H3,(H,23,28). The van der Waals surface area contributed by atoms with E-state index in [1.807, 2.05) is 43.3 Å². The van der Waals surface area contributed by atoms with Crippen molar-refractivity contribution in [3.05, 3.63) is 63.9 Å². The molecule has 1 N–H and O–H groups in total. The van der Waals surface area contributed by atoms with Crippen LogP contribution in [-0.2, 0) is 11.3 Å². The Morgan fingerprint density at radius 2 is 2.04 bits per heavy atom. The molecule has 0 radical (unpaired) electrons. The van der Waals surface area contributed by atoms with Gasteiger partial charge in [-0.3, -0.25) is 14.5 Å². The maximum absolute atomic E-state index is 12.6. The summed E-state index contributed by atoms with van der Waals surface area (Å²) in [4.78, 5) is 14.2. The van der Waals surface area contributed by atoms with E-state index < -0.39 is 0 Å². The molecule has 1 aromatic heterocycles. The van der Waals surface area contributed by atoms with Gasteiger partial charge in [-0.15, -0.1) is 0 Å². The zero-order valence-corrected chi connectivity index (χ0v) is 17.3. The van der Waals surface area contributed by atoms with Crippen LogP contribution in [-0.4, -0.2) is 45.8 Å². The lowest BCUT2D eigenvalue weighted by molar-refractivity contribution is -0.130. The van der Waals surface area contributed by atoms with Crippen molar-refractivity contribution in [1.29, 1.82) is 0 Å². The first-order valence-electron chi connectivity index (χ1n) is 8.78. The van der Waals surface area contributed by atoms with Gasteiger partial charge in [0.25, 0.3) is 0 Å². The molecular formula is C20H21ClN4O2S. The molecule has 8 heteroatoms. The Hall–Kier alpha value is -2.64. The number of H-pyrrole nitrogens is 1. The number of ether oxygens (including phenoxy) is 1. The molecule has 1 amide bonds. The number of aromatic nitrogens is 3. The molecule has 146 valence electrons. The Bertz CT molecular complexity index is 1010. The predicted molar refractivity (Wildman–Crippen MR) is 112 cm³/mol. The Morgan fingerprint density at radius 1 is 1.29 bits per heavy atom. The van der Waals surface area contributed by atoms with E-state index >= 15 is 0 Å². The van der Waals surface area contributed by atoms with Crippen LogP contribution in [0.3, 0.4) is 0 Å². The topological polar surface area (TPSA) is 63.2 Å². The van der Waals surface area contributed by atoms with Crippen molar-refractivity contribution in [3.8, 4) is 17.1 Å². The van der Waals surface area contributed by atoms with Crippen LogP contribution in [0.1, 0.15) is 5.56 Å². The largest absolute Gasteiger partial charge is 0.492 e. The first-order chi connectivity index (χ1) is 13.4. The molecule has 2 aromatic carbocycles. The van der Waals surface area contributed by atoms with Gasteiger partial charge in [-0.2, -0.15) is 5.10 Å². The smallest absolute Gasteiger partial charge is 0.242 e. The maximum Gasteiger partial charge on any atom is 0.242 e. The van der Waals surface area contributed by atoms with Crippen LogP contribution in [0.15, 0.2) is 48.5 Å². The van der Waals surface area contributed by atoms with E-state index in [4.69, 9.17) is 28.6 Å². The van der Waals surface area contributed by atoms with Crippen molar-refractivity contribution in [2.45, 2.75) is 13.5 Å². The van der Waals surface area contributed by atoms with Crippen molar-refractivity contribution in [1.82, 2.24) is 19.7 Å². The number of carbonyl (C=O) groups excluding carboxylic acids is 1. The molecule has 1 heterocycles. The van der Waals surface area contributed by atoms with Gasteiger partial charge in [-0.1, -0.05) is 47.5 Å². The third-order valence-electron chi connectivity index (χ3n) is 4.28. The summed E-state index contributed by atoms with van der Waals surface area (Å²) < 4.78 is 7.76. The summed E-state index contributed by atoms with van der Waals surface area (Å²) >= 11 is 11.2. The van der Waals surface area contributed by atoms with Crippen molar-refractivity contribution < 1.29 is 9.53 Å². The lowest BCUT2D eigenvalue weighted by Crippen LogP contribution is -2.33. The number of likely N-dealkylation sites (N-methyl/N-ethyl adjacent to an activating group) is 1. The first kappa shape index (κ1) is 20.1. The Balaban J connectivity index is 1.62. The second-order valence-electron chi connectivity index (χ2n) is 6.43. The molecule has 0 saturated heterocycles. The zero-order chi connectivity index (χ0) is 20.1. The maximum atomic E-state index is 12.6. The predicted octanol–water partition coefficient (Wildman–Crippen LogP) is 4.11. The monoisotopic (exact) mass is 416 g/mol. The van der Waals surface area contributed by atoms with E-state index in [0.29, 0.717) is 34.5 Å². The fraction of sp³-hybridized carbons (Fsp3) is 0.250. The minimum absolute atomic E-state index is 0.0828. The van der Waals surface area contributed by atoms with E-state index in [1.54, 1.807) is 28.6 Å². The molecule has 0 saturated carbocycles. The van der Waals surface area contributed by atoms with Crippen LogP contribution >= 0.6 is 23.8 Å². The fourth-order valence-electron chi connectivity index (χ4n) is 2.63. The molecule has 0 spiro atoms. The van der Waals surface area contributed by atoms with Crippen LogP contribution in [0.25, 0.3) is 11.4 Å². The quantitative estimate of drug-likeness (QED) is 0.589. The summed E-state index contributed by atoms with van der Waals surface area (Å²) in [6, 6.07) is 15.1. The Labute approximate surface area is 173 Å². The number of hydrogen-bond donors (Lipinski definition) is 1. The summed E-state index contributed by atoms with van der Waals surface area (Å²) in [6.07, 6.45) is 0. The summed E-state index contributed by atoms with van der Waals surface area (Å²) in [5.74, 6) is 1.23. The molecule has 0 aliphatic heterocycles. The minimum atomic E-state index is -0.0828. The van der Waals surface area contributed by atoms with Gasteiger partial charge in [0.1, 0.15) is 18.9 Å². The summed E-state index contributed by atoms with van der Waals surface area (Å²) in [6.45, 7) is 2.93. The van der Waals surface area contributed by atoms with Gasteiger partial charge in [0.2, 0.25) is 5.91 Å². The average molecular weight is 417 g/mol. The molecular weight excluding hydrogens is 396 g/mol. The highest BCUT2D eigenvalue weighted by Crippen LogP contribution is 2.19. The summed E-state index contributed by atoms with van der Waals surface area (Å²) in [7, 11) is 1.74. The van der Waals surface area contributed by atoms with E-state index in [2.05, 4.69) is 10.2 Å². The number of aryl methyl sites for hydroxylation is 1. The number of carbonyl (C=O) groups is 1. The second kappa shape index (κ2) is 9.03.